The second-order valence-electron chi connectivity index (χ2n) is 2.57. The van der Waals surface area contributed by atoms with Gasteiger partial charge in [-0.15, -0.1) is 0 Å². The summed E-state index contributed by atoms with van der Waals surface area (Å²) in [7, 11) is 0. The summed E-state index contributed by atoms with van der Waals surface area (Å²) in [5.41, 5.74) is 0. The summed E-state index contributed by atoms with van der Waals surface area (Å²) in [6.07, 6.45) is 1.81. The average Bonchev–Trinajstić information content (AvgIpc) is 2.35. The maximum Gasteiger partial charge on any atom is 0.222 e. The molecule has 0 unspecified atom stereocenters. The molecule has 1 amide bonds. The highest BCUT2D eigenvalue weighted by Gasteiger charge is 2.25. The van der Waals surface area contributed by atoms with Gasteiger partial charge >= 0.3 is 0 Å². The lowest BCUT2D eigenvalue weighted by molar-refractivity contribution is -0.128. The smallest absolute Gasteiger partial charge is 0.222 e. The van der Waals surface area contributed by atoms with Crippen LogP contribution in [0.25, 0.3) is 0 Å². The Bertz CT molecular complexity index is 123. The molecule has 2 heteroatoms. The molecule has 0 aromatic rings. The van der Waals surface area contributed by atoms with E-state index in [1.807, 2.05) is 25.7 Å². The highest BCUT2D eigenvalue weighted by molar-refractivity contribution is 5.78. The number of likely N-dealkylation sites (tertiary alicyclic amines) is 1. The maximum atomic E-state index is 10.9. The van der Waals surface area contributed by atoms with Crippen molar-refractivity contribution in [3.05, 3.63) is 0 Å². The fourth-order valence-corrected chi connectivity index (χ4v) is 1.37. The van der Waals surface area contributed by atoms with Crippen molar-refractivity contribution < 1.29 is 4.79 Å². The fraction of sp³-hybridized carbons (Fsp3) is 0.889. The van der Waals surface area contributed by atoms with Gasteiger partial charge in [0.2, 0.25) is 5.91 Å². The van der Waals surface area contributed by atoms with Crippen LogP contribution in [-0.4, -0.2) is 23.4 Å². The summed E-state index contributed by atoms with van der Waals surface area (Å²) < 4.78 is 0. The third-order valence-electron chi connectivity index (χ3n) is 1.97. The molecule has 1 atom stereocenters. The number of nitrogens with zero attached hydrogens (tertiary/aromatic N) is 1. The number of carbonyl (C=O) groups is 1. The van der Waals surface area contributed by atoms with E-state index in [1.54, 1.807) is 0 Å². The highest BCUT2D eigenvalue weighted by Crippen LogP contribution is 2.16. The Hall–Kier alpha value is -0.530. The van der Waals surface area contributed by atoms with Crippen molar-refractivity contribution in [3.8, 4) is 0 Å². The quantitative estimate of drug-likeness (QED) is 0.570. The minimum Gasteiger partial charge on any atom is -0.340 e. The van der Waals surface area contributed by atoms with Gasteiger partial charge in [0.15, 0.2) is 0 Å². The zero-order valence-corrected chi connectivity index (χ0v) is 8.05. The monoisotopic (exact) mass is 157 g/mol. The first kappa shape index (κ1) is 10.5. The predicted octanol–water partition coefficient (Wildman–Crippen LogP) is 2.04. The molecule has 0 saturated carbocycles. The minimum absolute atomic E-state index is 0.324. The Balaban J connectivity index is 0.000000461. The zero-order valence-electron chi connectivity index (χ0n) is 8.05. The second kappa shape index (κ2) is 5.16. The van der Waals surface area contributed by atoms with Crippen LogP contribution in [-0.2, 0) is 4.79 Å². The van der Waals surface area contributed by atoms with E-state index in [2.05, 4.69) is 6.92 Å². The molecule has 0 aliphatic carbocycles. The van der Waals surface area contributed by atoms with Crippen molar-refractivity contribution >= 4 is 5.91 Å². The van der Waals surface area contributed by atoms with Gasteiger partial charge in [0, 0.05) is 19.0 Å². The van der Waals surface area contributed by atoms with Gasteiger partial charge in [-0.2, -0.15) is 0 Å². The van der Waals surface area contributed by atoms with E-state index in [4.69, 9.17) is 0 Å². The van der Waals surface area contributed by atoms with Crippen LogP contribution in [0.3, 0.4) is 0 Å². The van der Waals surface area contributed by atoms with E-state index in [0.29, 0.717) is 11.9 Å². The van der Waals surface area contributed by atoms with Crippen LogP contribution in [0.5, 0.6) is 0 Å². The lowest BCUT2D eigenvalue weighted by Gasteiger charge is -2.18. The van der Waals surface area contributed by atoms with Crippen LogP contribution < -0.4 is 0 Å². The normalized spacial score (nSPS) is 23.1. The number of hydrogen-bond acceptors (Lipinski definition) is 1. The number of rotatable bonds is 1. The predicted molar refractivity (Wildman–Crippen MR) is 47.4 cm³/mol. The molecule has 1 aliphatic heterocycles. The van der Waals surface area contributed by atoms with Gasteiger partial charge in [-0.05, 0) is 20.3 Å². The van der Waals surface area contributed by atoms with Crippen LogP contribution >= 0.6 is 0 Å². The van der Waals surface area contributed by atoms with Gasteiger partial charge < -0.3 is 4.90 Å². The third kappa shape index (κ3) is 2.52. The van der Waals surface area contributed by atoms with Gasteiger partial charge in [-0.25, -0.2) is 0 Å². The van der Waals surface area contributed by atoms with E-state index in [-0.39, 0.29) is 0 Å². The lowest BCUT2D eigenvalue weighted by atomic mass is 10.2. The molecule has 1 aliphatic rings. The van der Waals surface area contributed by atoms with Crippen molar-refractivity contribution in [1.82, 2.24) is 4.90 Å². The first-order valence-corrected chi connectivity index (χ1v) is 4.55. The van der Waals surface area contributed by atoms with E-state index in [0.717, 1.165) is 19.4 Å². The molecule has 11 heavy (non-hydrogen) atoms. The number of amides is 1. The molecule has 0 spiro atoms. The van der Waals surface area contributed by atoms with E-state index in [1.165, 1.54) is 0 Å². The largest absolute Gasteiger partial charge is 0.340 e. The summed E-state index contributed by atoms with van der Waals surface area (Å²) in [4.78, 5) is 12.9. The van der Waals surface area contributed by atoms with E-state index in [9.17, 15) is 4.79 Å². The minimum atomic E-state index is 0.324. The standard InChI is InChI=1S/C7H13NO.C2H6/c1-3-8-6(2)4-5-7(8)9;1-2/h6H,3-5H2,1-2H3;1-2H3/t6-;/m0./s1. The summed E-state index contributed by atoms with van der Waals surface area (Å²) in [6, 6.07) is 0.488. The summed E-state index contributed by atoms with van der Waals surface area (Å²) >= 11 is 0. The third-order valence-corrected chi connectivity index (χ3v) is 1.97. The van der Waals surface area contributed by atoms with Crippen molar-refractivity contribution in [2.24, 2.45) is 0 Å². The first-order valence-electron chi connectivity index (χ1n) is 4.55. The Morgan fingerprint density at radius 2 is 2.09 bits per heavy atom. The maximum absolute atomic E-state index is 10.9. The Kier molecular flexibility index (Phi) is 4.92. The number of carbonyl (C=O) groups excluding carboxylic acids is 1. The molecular weight excluding hydrogens is 138 g/mol. The first-order chi connectivity index (χ1) is 5.25. The molecule has 0 aromatic carbocycles. The molecule has 1 fully saturated rings. The molecule has 0 bridgehead atoms. The topological polar surface area (TPSA) is 20.3 Å². The molecular formula is C9H19NO. The van der Waals surface area contributed by atoms with Gasteiger partial charge in [0.05, 0.1) is 0 Å². The Morgan fingerprint density at radius 1 is 1.55 bits per heavy atom. The SMILES string of the molecule is CC.CCN1C(=O)CC[C@@H]1C. The molecule has 0 N–H and O–H groups in total. The Morgan fingerprint density at radius 3 is 2.27 bits per heavy atom. The van der Waals surface area contributed by atoms with Crippen LogP contribution in [0.4, 0.5) is 0 Å². The lowest BCUT2D eigenvalue weighted by Crippen LogP contribution is -2.30. The molecule has 1 heterocycles. The summed E-state index contributed by atoms with van der Waals surface area (Å²) in [6.45, 7) is 9.01. The van der Waals surface area contributed by atoms with Crippen molar-refractivity contribution in [2.75, 3.05) is 6.54 Å². The van der Waals surface area contributed by atoms with Crippen LogP contribution in [0, 0.1) is 0 Å². The highest BCUT2D eigenvalue weighted by atomic mass is 16.2. The Labute approximate surface area is 69.6 Å². The van der Waals surface area contributed by atoms with Crippen LogP contribution in [0.2, 0.25) is 0 Å². The molecule has 0 aromatic heterocycles. The number of hydrogen-bond donors (Lipinski definition) is 0. The van der Waals surface area contributed by atoms with Gasteiger partial charge in [0.25, 0.3) is 0 Å². The van der Waals surface area contributed by atoms with E-state index >= 15 is 0 Å². The van der Waals surface area contributed by atoms with Crippen molar-refractivity contribution in [2.45, 2.75) is 46.6 Å². The van der Waals surface area contributed by atoms with Crippen LogP contribution in [0.15, 0.2) is 0 Å². The zero-order chi connectivity index (χ0) is 8.85. The van der Waals surface area contributed by atoms with Crippen molar-refractivity contribution in [3.63, 3.8) is 0 Å². The molecule has 2 nitrogen and oxygen atoms in total. The molecule has 66 valence electrons. The summed E-state index contributed by atoms with van der Waals surface area (Å²) in [5.74, 6) is 0.324. The van der Waals surface area contributed by atoms with Gasteiger partial charge in [0.1, 0.15) is 0 Å². The fourth-order valence-electron chi connectivity index (χ4n) is 1.37. The summed E-state index contributed by atoms with van der Waals surface area (Å²) in [5, 5.41) is 0. The molecule has 1 rings (SSSR count). The molecule has 0 radical (unpaired) electrons. The van der Waals surface area contributed by atoms with Crippen LogP contribution in [0.1, 0.15) is 40.5 Å². The van der Waals surface area contributed by atoms with Gasteiger partial charge in [-0.3, -0.25) is 4.79 Å². The van der Waals surface area contributed by atoms with Crippen molar-refractivity contribution in [1.29, 1.82) is 0 Å². The van der Waals surface area contributed by atoms with E-state index < -0.39 is 0 Å². The average molecular weight is 157 g/mol. The van der Waals surface area contributed by atoms with Gasteiger partial charge in [-0.1, -0.05) is 13.8 Å². The molecule has 1 saturated heterocycles. The second-order valence-corrected chi connectivity index (χ2v) is 2.57.